The van der Waals surface area contributed by atoms with Crippen LogP contribution in [0, 0.1) is 0 Å². The topological polar surface area (TPSA) is 77.8 Å². The maximum Gasteiger partial charge on any atom is 0.277 e. The number of hydrogen-bond acceptors (Lipinski definition) is 6. The third-order valence-corrected chi connectivity index (χ3v) is 3.98. The summed E-state index contributed by atoms with van der Waals surface area (Å²) in [4.78, 5) is 8.77. The first kappa shape index (κ1) is 10.9. The van der Waals surface area contributed by atoms with Gasteiger partial charge in [-0.3, -0.25) is 0 Å². The number of nitrogens with zero attached hydrogens (tertiary/aromatic N) is 3. The van der Waals surface area contributed by atoms with Crippen molar-refractivity contribution in [1.29, 1.82) is 0 Å². The van der Waals surface area contributed by atoms with E-state index in [4.69, 9.17) is 10.3 Å². The summed E-state index contributed by atoms with van der Waals surface area (Å²) in [5, 5.41) is 6.86. The van der Waals surface area contributed by atoms with Gasteiger partial charge in [-0.15, -0.1) is 11.3 Å². The molecular formula is C11H14N4OS. The molecule has 0 saturated heterocycles. The van der Waals surface area contributed by atoms with Gasteiger partial charge in [0, 0.05) is 17.8 Å². The lowest BCUT2D eigenvalue weighted by atomic mass is 10.1. The van der Waals surface area contributed by atoms with E-state index in [1.165, 1.54) is 37.0 Å². The fraction of sp³-hybridized carbons (Fsp3) is 0.545. The first-order valence-corrected chi connectivity index (χ1v) is 6.73. The highest BCUT2D eigenvalue weighted by Crippen LogP contribution is 2.33. The minimum Gasteiger partial charge on any atom is -0.332 e. The first-order chi connectivity index (χ1) is 8.36. The van der Waals surface area contributed by atoms with E-state index in [-0.39, 0.29) is 0 Å². The van der Waals surface area contributed by atoms with Crippen LogP contribution in [0.3, 0.4) is 0 Å². The molecule has 90 valence electrons. The Hall–Kier alpha value is -1.27. The summed E-state index contributed by atoms with van der Waals surface area (Å²) in [5.41, 5.74) is 6.27. The maximum absolute atomic E-state index is 5.53. The molecule has 0 spiro atoms. The highest BCUT2D eigenvalue weighted by atomic mass is 32.1. The van der Waals surface area contributed by atoms with Gasteiger partial charge in [-0.2, -0.15) is 4.98 Å². The molecule has 0 radical (unpaired) electrons. The van der Waals surface area contributed by atoms with Gasteiger partial charge in [0.05, 0.1) is 0 Å². The van der Waals surface area contributed by atoms with Gasteiger partial charge >= 0.3 is 0 Å². The van der Waals surface area contributed by atoms with E-state index < -0.39 is 0 Å². The number of nitrogens with two attached hydrogens (primary N) is 1. The predicted molar refractivity (Wildman–Crippen MR) is 64.5 cm³/mol. The van der Waals surface area contributed by atoms with Crippen LogP contribution < -0.4 is 5.73 Å². The fourth-order valence-electron chi connectivity index (χ4n) is 2.19. The average molecular weight is 250 g/mol. The Balaban J connectivity index is 1.83. The highest BCUT2D eigenvalue weighted by Gasteiger charge is 2.23. The normalized spacial score (nSPS) is 16.8. The fourth-order valence-corrected chi connectivity index (χ4v) is 2.84. The van der Waals surface area contributed by atoms with Crippen LogP contribution in [0.25, 0.3) is 11.6 Å². The predicted octanol–water partition coefficient (Wildman–Crippen LogP) is 2.31. The van der Waals surface area contributed by atoms with Crippen molar-refractivity contribution in [2.24, 2.45) is 5.73 Å². The Labute approximate surface area is 103 Å². The quantitative estimate of drug-likeness (QED) is 0.904. The second-order valence-corrected chi connectivity index (χ2v) is 5.21. The van der Waals surface area contributed by atoms with Crippen molar-refractivity contribution in [3.8, 4) is 11.6 Å². The highest BCUT2D eigenvalue weighted by molar-refractivity contribution is 7.09. The summed E-state index contributed by atoms with van der Waals surface area (Å²) < 4.78 is 5.26. The van der Waals surface area contributed by atoms with Crippen LogP contribution in [0.5, 0.6) is 0 Å². The van der Waals surface area contributed by atoms with Crippen LogP contribution in [-0.2, 0) is 6.54 Å². The van der Waals surface area contributed by atoms with Gasteiger partial charge in [-0.05, 0) is 12.8 Å². The van der Waals surface area contributed by atoms with E-state index in [0.717, 1.165) is 16.5 Å². The smallest absolute Gasteiger partial charge is 0.277 e. The second kappa shape index (κ2) is 4.54. The number of aromatic nitrogens is 3. The van der Waals surface area contributed by atoms with Gasteiger partial charge in [0.15, 0.2) is 5.82 Å². The molecule has 1 aliphatic carbocycles. The SMILES string of the molecule is NCc1nc(-c2nc(C3CCCC3)no2)cs1. The lowest BCUT2D eigenvalue weighted by Gasteiger charge is -1.99. The van der Waals surface area contributed by atoms with Crippen molar-refractivity contribution in [1.82, 2.24) is 15.1 Å². The van der Waals surface area contributed by atoms with Crippen molar-refractivity contribution in [2.45, 2.75) is 38.1 Å². The van der Waals surface area contributed by atoms with Gasteiger partial charge in [0.1, 0.15) is 10.7 Å². The molecule has 0 atom stereocenters. The zero-order valence-electron chi connectivity index (χ0n) is 9.43. The standard InChI is InChI=1S/C11H14N4OS/c12-5-9-13-8(6-17-9)11-14-10(15-16-11)7-3-1-2-4-7/h6-7H,1-5,12H2. The van der Waals surface area contributed by atoms with Gasteiger partial charge in [0.2, 0.25) is 0 Å². The lowest BCUT2D eigenvalue weighted by Crippen LogP contribution is -1.95. The Morgan fingerprint density at radius 2 is 2.18 bits per heavy atom. The average Bonchev–Trinajstić information content (AvgIpc) is 3.09. The molecule has 5 nitrogen and oxygen atoms in total. The number of hydrogen-bond donors (Lipinski definition) is 1. The van der Waals surface area contributed by atoms with Crippen molar-refractivity contribution in [3.05, 3.63) is 16.2 Å². The van der Waals surface area contributed by atoms with Crippen molar-refractivity contribution in [3.63, 3.8) is 0 Å². The molecule has 0 aromatic carbocycles. The molecule has 17 heavy (non-hydrogen) atoms. The van der Waals surface area contributed by atoms with E-state index in [1.54, 1.807) is 0 Å². The molecule has 2 N–H and O–H groups in total. The Kier molecular flexibility index (Phi) is 2.90. The van der Waals surface area contributed by atoms with Crippen LogP contribution in [0.2, 0.25) is 0 Å². The molecule has 1 saturated carbocycles. The van der Waals surface area contributed by atoms with Crippen LogP contribution in [0.4, 0.5) is 0 Å². The lowest BCUT2D eigenvalue weighted by molar-refractivity contribution is 0.415. The third-order valence-electron chi connectivity index (χ3n) is 3.11. The van der Waals surface area contributed by atoms with Crippen molar-refractivity contribution >= 4 is 11.3 Å². The van der Waals surface area contributed by atoms with Gasteiger partial charge in [-0.25, -0.2) is 4.98 Å². The van der Waals surface area contributed by atoms with E-state index in [9.17, 15) is 0 Å². The minimum atomic E-state index is 0.453. The molecule has 2 aromatic heterocycles. The molecule has 2 aromatic rings. The Morgan fingerprint density at radius 1 is 1.35 bits per heavy atom. The molecule has 1 fully saturated rings. The number of rotatable bonds is 3. The molecule has 0 unspecified atom stereocenters. The minimum absolute atomic E-state index is 0.453. The monoisotopic (exact) mass is 250 g/mol. The summed E-state index contributed by atoms with van der Waals surface area (Å²) in [6, 6.07) is 0. The molecule has 0 bridgehead atoms. The van der Waals surface area contributed by atoms with Gasteiger partial charge in [0.25, 0.3) is 5.89 Å². The molecule has 0 amide bonds. The summed E-state index contributed by atoms with van der Waals surface area (Å²) in [6.45, 7) is 0.453. The van der Waals surface area contributed by atoms with E-state index in [1.807, 2.05) is 5.38 Å². The largest absolute Gasteiger partial charge is 0.332 e. The van der Waals surface area contributed by atoms with Crippen LogP contribution in [0.1, 0.15) is 42.4 Å². The van der Waals surface area contributed by atoms with Gasteiger partial charge < -0.3 is 10.3 Å². The van der Waals surface area contributed by atoms with Crippen LogP contribution in [-0.4, -0.2) is 15.1 Å². The summed E-state index contributed by atoms with van der Waals surface area (Å²) in [5.74, 6) is 1.82. The summed E-state index contributed by atoms with van der Waals surface area (Å²) in [7, 11) is 0. The molecule has 3 rings (SSSR count). The summed E-state index contributed by atoms with van der Waals surface area (Å²) >= 11 is 1.52. The Morgan fingerprint density at radius 3 is 2.88 bits per heavy atom. The van der Waals surface area contributed by atoms with Crippen LogP contribution in [0.15, 0.2) is 9.90 Å². The molecule has 2 heterocycles. The van der Waals surface area contributed by atoms with Crippen molar-refractivity contribution in [2.75, 3.05) is 0 Å². The molecular weight excluding hydrogens is 236 g/mol. The van der Waals surface area contributed by atoms with E-state index in [0.29, 0.717) is 18.4 Å². The Bertz CT molecular complexity index is 501. The number of thiazole rings is 1. The molecule has 1 aliphatic rings. The van der Waals surface area contributed by atoms with Crippen molar-refractivity contribution < 1.29 is 4.52 Å². The second-order valence-electron chi connectivity index (χ2n) is 4.27. The van der Waals surface area contributed by atoms with Crippen LogP contribution >= 0.6 is 11.3 Å². The maximum atomic E-state index is 5.53. The first-order valence-electron chi connectivity index (χ1n) is 5.85. The third kappa shape index (κ3) is 2.10. The molecule has 0 aliphatic heterocycles. The zero-order valence-corrected chi connectivity index (χ0v) is 10.2. The van der Waals surface area contributed by atoms with E-state index >= 15 is 0 Å². The summed E-state index contributed by atoms with van der Waals surface area (Å²) in [6.07, 6.45) is 4.87. The zero-order chi connectivity index (χ0) is 11.7. The molecule has 6 heteroatoms. The van der Waals surface area contributed by atoms with E-state index in [2.05, 4.69) is 15.1 Å². The van der Waals surface area contributed by atoms with Gasteiger partial charge in [-0.1, -0.05) is 18.0 Å².